The van der Waals surface area contributed by atoms with Crippen molar-refractivity contribution in [3.05, 3.63) is 10.6 Å². The summed E-state index contributed by atoms with van der Waals surface area (Å²) in [7, 11) is 0. The molecule has 4 aliphatic carbocycles. The predicted octanol–water partition coefficient (Wildman–Crippen LogP) is 6.17. The van der Waals surface area contributed by atoms with E-state index in [1.807, 2.05) is 0 Å². The van der Waals surface area contributed by atoms with Gasteiger partial charge in [0.2, 0.25) is 0 Å². The van der Waals surface area contributed by atoms with Crippen molar-refractivity contribution >= 4 is 71.0 Å². The molecule has 0 heterocycles. The monoisotopic (exact) mass is 568 g/mol. The number of carbonyl (C=O) groups excluding carboxylic acids is 2. The van der Waals surface area contributed by atoms with Crippen LogP contribution in [0.25, 0.3) is 0 Å². The highest BCUT2D eigenvalue weighted by Gasteiger charge is 2.64. The van der Waals surface area contributed by atoms with Crippen LogP contribution in [0.15, 0.2) is 10.6 Å². The van der Waals surface area contributed by atoms with Crippen molar-refractivity contribution in [3.63, 3.8) is 0 Å². The van der Waals surface area contributed by atoms with E-state index in [1.54, 1.807) is 0 Å². The van der Waals surface area contributed by atoms with E-state index in [0.717, 1.165) is 49.4 Å². The van der Waals surface area contributed by atoms with Gasteiger partial charge in [-0.25, -0.2) is 0 Å². The molecule has 2 nitrogen and oxygen atoms in total. The third-order valence-corrected chi connectivity index (χ3v) is 11.9. The summed E-state index contributed by atoms with van der Waals surface area (Å²) in [6.07, 6.45) is 5.50. The number of carbonyl (C=O) groups is 2. The van der Waals surface area contributed by atoms with E-state index in [1.165, 1.54) is 0 Å². The number of ketones is 2. The first-order valence-corrected chi connectivity index (χ1v) is 12.7. The van der Waals surface area contributed by atoms with Gasteiger partial charge in [0.25, 0.3) is 0 Å². The van der Waals surface area contributed by atoms with Crippen LogP contribution in [0, 0.1) is 28.6 Å². The van der Waals surface area contributed by atoms with E-state index in [-0.39, 0.29) is 25.8 Å². The molecule has 0 aromatic rings. The molecule has 0 amide bonds. The van der Waals surface area contributed by atoms with Gasteiger partial charge in [0.15, 0.2) is 5.78 Å². The lowest BCUT2D eigenvalue weighted by atomic mass is 9.45. The molecule has 3 fully saturated rings. The van der Waals surface area contributed by atoms with Crippen LogP contribution in [0.3, 0.4) is 0 Å². The average molecular weight is 572 g/mol. The van der Waals surface area contributed by atoms with Gasteiger partial charge in [-0.1, -0.05) is 73.2 Å². The Labute approximate surface area is 185 Å². The summed E-state index contributed by atoms with van der Waals surface area (Å²) in [6.45, 7) is 4.51. The summed E-state index contributed by atoms with van der Waals surface area (Å²) in [5, 5.41) is 1.15. The third-order valence-electron chi connectivity index (χ3n) is 8.08. The van der Waals surface area contributed by atoms with Crippen LogP contribution in [0.2, 0.25) is 0 Å². The predicted molar refractivity (Wildman–Crippen MR) is 115 cm³/mol. The lowest BCUT2D eigenvalue weighted by Crippen LogP contribution is -2.58. The minimum atomic E-state index is -0.313. The largest absolute Gasteiger partial charge is 0.299 e. The van der Waals surface area contributed by atoms with E-state index < -0.39 is 0 Å². The highest BCUT2D eigenvalue weighted by molar-refractivity contribution is 9.12. The standard InChI is InChI=1S/C20H24Br3ClO2/c1-18-6-5-12-10(11(18)3-4-14(18)25)7-20(23,9-21)17-15(24)16(26)13(22)8-19(12,17)2/h10-13H,3-9H2,1-2H3/t10-,11-,12+,13?,18-,19+,20?/m0/s1. The summed E-state index contributed by atoms with van der Waals surface area (Å²) >= 11 is 18.0. The Hall–Kier alpha value is 0.810. The Morgan fingerprint density at radius 3 is 2.42 bits per heavy atom. The first kappa shape index (κ1) is 20.1. The van der Waals surface area contributed by atoms with E-state index in [0.29, 0.717) is 28.6 Å². The molecule has 0 aliphatic heterocycles. The van der Waals surface area contributed by atoms with Crippen molar-refractivity contribution in [3.8, 4) is 0 Å². The van der Waals surface area contributed by atoms with Crippen molar-refractivity contribution < 1.29 is 9.59 Å². The fourth-order valence-electron chi connectivity index (χ4n) is 6.86. The second-order valence-corrected chi connectivity index (χ2v) is 12.8. The van der Waals surface area contributed by atoms with Crippen LogP contribution in [0.1, 0.15) is 52.4 Å². The number of alkyl halides is 3. The Bertz CT molecular complexity index is 722. The molecule has 4 aliphatic rings. The molecule has 6 heteroatoms. The smallest absolute Gasteiger partial charge is 0.187 e. The van der Waals surface area contributed by atoms with Crippen molar-refractivity contribution in [2.24, 2.45) is 28.6 Å². The maximum atomic E-state index is 12.6. The first-order chi connectivity index (χ1) is 12.1. The van der Waals surface area contributed by atoms with Gasteiger partial charge in [-0.15, -0.1) is 0 Å². The van der Waals surface area contributed by atoms with E-state index in [2.05, 4.69) is 61.6 Å². The van der Waals surface area contributed by atoms with Crippen LogP contribution in [-0.4, -0.2) is 26.0 Å². The van der Waals surface area contributed by atoms with Gasteiger partial charge in [0.1, 0.15) is 5.78 Å². The average Bonchev–Trinajstić information content (AvgIpc) is 2.88. The van der Waals surface area contributed by atoms with Crippen LogP contribution in [0.4, 0.5) is 0 Å². The molecule has 0 saturated heterocycles. The van der Waals surface area contributed by atoms with E-state index in [4.69, 9.17) is 11.6 Å². The molecule has 0 aromatic carbocycles. The van der Waals surface area contributed by atoms with Gasteiger partial charge in [0.05, 0.1) is 14.2 Å². The summed E-state index contributed by atoms with van der Waals surface area (Å²) in [5.74, 6) is 1.89. The molecule has 144 valence electrons. The zero-order valence-electron chi connectivity index (χ0n) is 15.1. The number of rotatable bonds is 1. The molecular weight excluding hydrogens is 547 g/mol. The van der Waals surface area contributed by atoms with Gasteiger partial charge in [-0.2, -0.15) is 0 Å². The maximum absolute atomic E-state index is 12.6. The van der Waals surface area contributed by atoms with E-state index in [9.17, 15) is 9.59 Å². The first-order valence-electron chi connectivity index (χ1n) is 9.46. The number of allylic oxidation sites excluding steroid dienone is 1. The summed E-state index contributed by atoms with van der Waals surface area (Å²) in [4.78, 5) is 25.1. The Morgan fingerprint density at radius 1 is 1.12 bits per heavy atom. The Morgan fingerprint density at radius 2 is 1.77 bits per heavy atom. The van der Waals surface area contributed by atoms with Gasteiger partial charge in [-0.3, -0.25) is 9.59 Å². The van der Waals surface area contributed by atoms with Gasteiger partial charge < -0.3 is 0 Å². The highest BCUT2D eigenvalue weighted by atomic mass is 79.9. The minimum Gasteiger partial charge on any atom is -0.299 e. The molecule has 26 heavy (non-hydrogen) atoms. The SMILES string of the molecule is C[C@]12CC(Br)C(=O)C(Cl)=C1C(Br)(CBr)C[C@@H]1[C@H]2CC[C@]2(C)C(=O)CC[C@@H]12. The van der Waals surface area contributed by atoms with Crippen molar-refractivity contribution in [1.29, 1.82) is 0 Å². The normalized spacial score (nSPS) is 51.2. The maximum Gasteiger partial charge on any atom is 0.187 e. The van der Waals surface area contributed by atoms with Crippen LogP contribution >= 0.6 is 59.4 Å². The molecule has 0 spiro atoms. The van der Waals surface area contributed by atoms with Crippen LogP contribution in [0.5, 0.6) is 0 Å². The zero-order valence-corrected chi connectivity index (χ0v) is 20.6. The number of hydrogen-bond acceptors (Lipinski definition) is 2. The number of fused-ring (bicyclic) bond motifs is 5. The van der Waals surface area contributed by atoms with Crippen molar-refractivity contribution in [1.82, 2.24) is 0 Å². The van der Waals surface area contributed by atoms with Gasteiger partial charge >= 0.3 is 0 Å². The molecular formula is C20H24Br3ClO2. The van der Waals surface area contributed by atoms with Crippen molar-refractivity contribution in [2.75, 3.05) is 5.33 Å². The highest BCUT2D eigenvalue weighted by Crippen LogP contribution is 2.69. The lowest BCUT2D eigenvalue weighted by molar-refractivity contribution is -0.132. The molecule has 7 atom stereocenters. The number of halogens is 4. The Balaban J connectivity index is 1.86. The van der Waals surface area contributed by atoms with Gasteiger partial charge in [0, 0.05) is 17.2 Å². The fraction of sp³-hybridized carbons (Fsp3) is 0.800. The number of hydrogen-bond donors (Lipinski definition) is 0. The van der Waals surface area contributed by atoms with Crippen LogP contribution < -0.4 is 0 Å². The van der Waals surface area contributed by atoms with E-state index >= 15 is 0 Å². The second-order valence-electron chi connectivity index (χ2n) is 9.24. The lowest BCUT2D eigenvalue weighted by Gasteiger charge is -2.61. The second kappa shape index (κ2) is 6.40. The molecule has 0 bridgehead atoms. The topological polar surface area (TPSA) is 34.1 Å². The minimum absolute atomic E-state index is 0.0130. The van der Waals surface area contributed by atoms with Crippen LogP contribution in [-0.2, 0) is 9.59 Å². The summed E-state index contributed by atoms with van der Waals surface area (Å²) in [6, 6.07) is 0. The zero-order chi connectivity index (χ0) is 19.1. The molecule has 3 saturated carbocycles. The quantitative estimate of drug-likeness (QED) is 0.353. The molecule has 0 radical (unpaired) electrons. The van der Waals surface area contributed by atoms with Crippen molar-refractivity contribution in [2.45, 2.75) is 61.5 Å². The Kier molecular flexibility index (Phi) is 4.95. The molecule has 0 aromatic heterocycles. The molecule has 2 unspecified atom stereocenters. The number of Topliss-reactive ketones (excluding diaryl/α,β-unsaturated/α-hetero) is 2. The summed E-state index contributed by atoms with van der Waals surface area (Å²) < 4.78 is -0.313. The molecule has 4 rings (SSSR count). The summed E-state index contributed by atoms with van der Waals surface area (Å²) in [5.41, 5.74) is 0.825. The third kappa shape index (κ3) is 2.51. The fourth-order valence-corrected chi connectivity index (χ4v) is 10.1. The van der Waals surface area contributed by atoms with Gasteiger partial charge in [-0.05, 0) is 60.8 Å². The molecule has 0 N–H and O–H groups in total.